The SMILES string of the molecule is C.C=C[C@@]1(C)CC(=O)C2(O)[C@@]3(C)CCCC(C)(C)C3[C@H](O)[C@H](OC(C)=O)[C@@]2(C)O1. The molecule has 7 atom stereocenters. The number of ketones is 1. The first-order valence-electron chi connectivity index (χ1n) is 10.1. The van der Waals surface area contributed by atoms with E-state index in [1.54, 1.807) is 13.8 Å². The van der Waals surface area contributed by atoms with Gasteiger partial charge in [0, 0.05) is 24.7 Å². The molecule has 0 aromatic rings. The van der Waals surface area contributed by atoms with Gasteiger partial charge >= 0.3 is 5.97 Å². The summed E-state index contributed by atoms with van der Waals surface area (Å²) in [5.74, 6) is -1.37. The molecule has 0 spiro atoms. The maximum atomic E-state index is 13.5. The van der Waals surface area contributed by atoms with E-state index in [4.69, 9.17) is 9.47 Å². The number of carbonyl (C=O) groups is 2. The van der Waals surface area contributed by atoms with Crippen LogP contribution in [0, 0.1) is 16.7 Å². The lowest BCUT2D eigenvalue weighted by Crippen LogP contribution is -2.84. The molecule has 166 valence electrons. The minimum atomic E-state index is -1.90. The number of esters is 1. The minimum Gasteiger partial charge on any atom is -0.457 e. The van der Waals surface area contributed by atoms with Crippen LogP contribution in [-0.4, -0.2) is 51.0 Å². The van der Waals surface area contributed by atoms with Gasteiger partial charge in [-0.3, -0.25) is 9.59 Å². The van der Waals surface area contributed by atoms with E-state index in [1.165, 1.54) is 13.0 Å². The summed E-state index contributed by atoms with van der Waals surface area (Å²) in [6.07, 6.45) is 1.53. The third-order valence-corrected chi connectivity index (χ3v) is 7.87. The molecular weight excluding hydrogens is 372 g/mol. The van der Waals surface area contributed by atoms with Crippen LogP contribution in [0.1, 0.15) is 74.7 Å². The second kappa shape index (κ2) is 6.89. The molecule has 0 radical (unpaired) electrons. The number of hydrogen-bond acceptors (Lipinski definition) is 6. The van der Waals surface area contributed by atoms with Crippen LogP contribution >= 0.6 is 0 Å². The summed E-state index contributed by atoms with van der Waals surface area (Å²) >= 11 is 0. The van der Waals surface area contributed by atoms with Crippen molar-refractivity contribution in [1.29, 1.82) is 0 Å². The predicted molar refractivity (Wildman–Crippen MR) is 110 cm³/mol. The normalized spacial score (nSPS) is 48.6. The van der Waals surface area contributed by atoms with Gasteiger partial charge in [-0.05, 0) is 32.1 Å². The number of fused-ring (bicyclic) bond motifs is 3. The standard InChI is InChI=1S/C22H34O6.CH4/c1-8-19(5)12-14(24)22(26)20(6)11-9-10-18(3,4)16(20)15(25)17(27-13(2)23)21(22,7)28-19;/h8,15-17,25-26H,1,9-12H2,2-7H3;1H4/t15-,16?,17-,19-,20-,21+,22?;/m0./s1. The average molecular weight is 411 g/mol. The molecule has 29 heavy (non-hydrogen) atoms. The van der Waals surface area contributed by atoms with E-state index in [0.29, 0.717) is 6.42 Å². The average Bonchev–Trinajstić information content (AvgIpc) is 2.55. The lowest BCUT2D eigenvalue weighted by molar-refractivity contribution is -0.357. The number of carbonyl (C=O) groups excluding carboxylic acids is 2. The van der Waals surface area contributed by atoms with Gasteiger partial charge in [0.1, 0.15) is 5.60 Å². The quantitative estimate of drug-likeness (QED) is 0.536. The summed E-state index contributed by atoms with van der Waals surface area (Å²) in [6, 6.07) is 0. The molecule has 2 N–H and O–H groups in total. The Bertz CT molecular complexity index is 716. The van der Waals surface area contributed by atoms with Crippen LogP contribution in [0.5, 0.6) is 0 Å². The number of hydrogen-bond donors (Lipinski definition) is 2. The Morgan fingerprint density at radius 2 is 1.83 bits per heavy atom. The van der Waals surface area contributed by atoms with E-state index in [2.05, 4.69) is 6.58 Å². The molecular formula is C23H38O6. The van der Waals surface area contributed by atoms with Crippen molar-refractivity contribution in [1.82, 2.24) is 0 Å². The minimum absolute atomic E-state index is 0. The zero-order chi connectivity index (χ0) is 21.3. The first-order chi connectivity index (χ1) is 12.7. The molecule has 2 aliphatic carbocycles. The molecule has 3 aliphatic rings. The second-order valence-electron chi connectivity index (χ2n) is 10.3. The van der Waals surface area contributed by atoms with E-state index in [1.807, 2.05) is 20.8 Å². The van der Waals surface area contributed by atoms with Gasteiger partial charge in [0.2, 0.25) is 0 Å². The zero-order valence-electron chi connectivity index (χ0n) is 17.9. The van der Waals surface area contributed by atoms with Crippen molar-refractivity contribution in [3.8, 4) is 0 Å². The van der Waals surface area contributed by atoms with Gasteiger partial charge in [0.05, 0.1) is 11.7 Å². The van der Waals surface area contributed by atoms with E-state index >= 15 is 0 Å². The van der Waals surface area contributed by atoms with Crippen molar-refractivity contribution in [2.75, 3.05) is 0 Å². The largest absolute Gasteiger partial charge is 0.457 e. The molecule has 1 aliphatic heterocycles. The van der Waals surface area contributed by atoms with Gasteiger partial charge in [-0.1, -0.05) is 40.7 Å². The summed E-state index contributed by atoms with van der Waals surface area (Å²) in [6.45, 7) is 14.3. The second-order valence-corrected chi connectivity index (χ2v) is 10.3. The number of aliphatic hydroxyl groups is 2. The number of Topliss-reactive ketones (excluding diaryl/α,β-unsaturated/α-hetero) is 1. The smallest absolute Gasteiger partial charge is 0.303 e. The van der Waals surface area contributed by atoms with E-state index in [9.17, 15) is 19.8 Å². The Balaban J connectivity index is 0.00000300. The summed E-state index contributed by atoms with van der Waals surface area (Å²) in [5, 5.41) is 23.6. The highest BCUT2D eigenvalue weighted by atomic mass is 16.6. The fraction of sp³-hybridized carbons (Fsp3) is 0.826. The molecule has 1 saturated heterocycles. The predicted octanol–water partition coefficient (Wildman–Crippen LogP) is 3.19. The fourth-order valence-corrected chi connectivity index (χ4v) is 6.77. The van der Waals surface area contributed by atoms with Gasteiger partial charge in [0.15, 0.2) is 17.5 Å². The van der Waals surface area contributed by atoms with Crippen LogP contribution in [0.4, 0.5) is 0 Å². The molecule has 0 bridgehead atoms. The third kappa shape index (κ3) is 2.94. The molecule has 0 amide bonds. The van der Waals surface area contributed by atoms with Crippen LogP contribution in [0.2, 0.25) is 0 Å². The van der Waals surface area contributed by atoms with Gasteiger partial charge in [-0.15, -0.1) is 6.58 Å². The Morgan fingerprint density at radius 3 is 2.34 bits per heavy atom. The molecule has 0 aromatic heterocycles. The Hall–Kier alpha value is -1.24. The van der Waals surface area contributed by atoms with Crippen LogP contribution < -0.4 is 0 Å². The maximum Gasteiger partial charge on any atom is 0.303 e. The highest BCUT2D eigenvalue weighted by molar-refractivity contribution is 5.92. The topological polar surface area (TPSA) is 93.1 Å². The highest BCUT2D eigenvalue weighted by Crippen LogP contribution is 2.66. The molecule has 1 heterocycles. The first-order valence-corrected chi connectivity index (χ1v) is 10.1. The number of rotatable bonds is 2. The summed E-state index contributed by atoms with van der Waals surface area (Å²) < 4.78 is 11.9. The highest BCUT2D eigenvalue weighted by Gasteiger charge is 2.79. The fourth-order valence-electron chi connectivity index (χ4n) is 6.77. The monoisotopic (exact) mass is 410 g/mol. The molecule has 3 rings (SSSR count). The lowest BCUT2D eigenvalue weighted by atomic mass is 9.40. The van der Waals surface area contributed by atoms with E-state index in [-0.39, 0.29) is 25.0 Å². The summed E-state index contributed by atoms with van der Waals surface area (Å²) in [5.41, 5.74) is -5.79. The van der Waals surface area contributed by atoms with Crippen molar-refractivity contribution in [3.63, 3.8) is 0 Å². The zero-order valence-corrected chi connectivity index (χ0v) is 17.9. The Kier molecular flexibility index (Phi) is 5.71. The van der Waals surface area contributed by atoms with Gasteiger partial charge in [0.25, 0.3) is 0 Å². The van der Waals surface area contributed by atoms with Crippen molar-refractivity contribution in [2.45, 2.75) is 104 Å². The molecule has 6 heteroatoms. The molecule has 0 aromatic carbocycles. The van der Waals surface area contributed by atoms with Gasteiger partial charge < -0.3 is 19.7 Å². The van der Waals surface area contributed by atoms with Crippen LogP contribution in [0.3, 0.4) is 0 Å². The van der Waals surface area contributed by atoms with Crippen LogP contribution in [0.15, 0.2) is 12.7 Å². The van der Waals surface area contributed by atoms with E-state index in [0.717, 1.165) is 12.8 Å². The third-order valence-electron chi connectivity index (χ3n) is 7.87. The number of aliphatic hydroxyl groups excluding tert-OH is 1. The molecule has 2 unspecified atom stereocenters. The first kappa shape index (κ1) is 24.0. The molecule has 3 fully saturated rings. The van der Waals surface area contributed by atoms with Crippen molar-refractivity contribution >= 4 is 11.8 Å². The van der Waals surface area contributed by atoms with Crippen molar-refractivity contribution in [2.24, 2.45) is 16.7 Å². The molecule has 2 saturated carbocycles. The molecule has 6 nitrogen and oxygen atoms in total. The summed E-state index contributed by atoms with van der Waals surface area (Å²) in [4.78, 5) is 25.5. The van der Waals surface area contributed by atoms with Crippen molar-refractivity contribution in [3.05, 3.63) is 12.7 Å². The number of ether oxygens (including phenoxy) is 2. The van der Waals surface area contributed by atoms with Gasteiger partial charge in [-0.25, -0.2) is 0 Å². The van der Waals surface area contributed by atoms with Crippen LogP contribution in [-0.2, 0) is 19.1 Å². The van der Waals surface area contributed by atoms with Gasteiger partial charge in [-0.2, -0.15) is 0 Å². The van der Waals surface area contributed by atoms with E-state index < -0.39 is 46.3 Å². The summed E-state index contributed by atoms with van der Waals surface area (Å²) in [7, 11) is 0. The van der Waals surface area contributed by atoms with Crippen LogP contribution in [0.25, 0.3) is 0 Å². The Morgan fingerprint density at radius 1 is 1.24 bits per heavy atom. The maximum absolute atomic E-state index is 13.5. The Labute approximate surface area is 174 Å². The van der Waals surface area contributed by atoms with Crippen molar-refractivity contribution < 1.29 is 29.3 Å². The lowest BCUT2D eigenvalue weighted by Gasteiger charge is -2.70.